The second-order valence-electron chi connectivity index (χ2n) is 11.1. The van der Waals surface area contributed by atoms with Crippen LogP contribution in [-0.2, 0) is 11.3 Å². The molecular formula is C30H37N7O4. The summed E-state index contributed by atoms with van der Waals surface area (Å²) < 4.78 is 19.2. The van der Waals surface area contributed by atoms with Gasteiger partial charge < -0.3 is 39.6 Å². The summed E-state index contributed by atoms with van der Waals surface area (Å²) in [4.78, 5) is 25.1. The number of hydrogen-bond donors (Lipinski definition) is 2. The van der Waals surface area contributed by atoms with Crippen LogP contribution in [0.5, 0.6) is 11.5 Å². The first-order valence-electron chi connectivity index (χ1n) is 13.5. The Morgan fingerprint density at radius 3 is 2.76 bits per heavy atom. The number of amides is 1. The highest BCUT2D eigenvalue weighted by Gasteiger charge is 2.21. The zero-order valence-corrected chi connectivity index (χ0v) is 24.4. The van der Waals surface area contributed by atoms with Crippen LogP contribution in [0.15, 0.2) is 48.8 Å². The van der Waals surface area contributed by atoms with E-state index in [9.17, 15) is 4.79 Å². The van der Waals surface area contributed by atoms with E-state index in [-0.39, 0.29) is 6.09 Å². The third-order valence-electron chi connectivity index (χ3n) is 6.87. The van der Waals surface area contributed by atoms with Crippen molar-refractivity contribution in [3.8, 4) is 22.8 Å². The standard InChI is InChI=1S/C30H37N7O4/c1-30(2,3)41-29(38)36(5)13-12-35(4)24-17-26(39-6)23(16-21(24)31)34-28-32-11-10-22(33-28)20-18-37-14-15-40-25-9-7-8-19(20)27(25)37/h7-11,16-18H,12-15,31H2,1-6H3,(H,32,33,34). The summed E-state index contributed by atoms with van der Waals surface area (Å²) >= 11 is 0. The highest BCUT2D eigenvalue weighted by atomic mass is 16.6. The molecule has 0 spiro atoms. The predicted octanol–water partition coefficient (Wildman–Crippen LogP) is 5.13. The second kappa shape index (κ2) is 11.1. The molecule has 0 unspecified atom stereocenters. The highest BCUT2D eigenvalue weighted by Crippen LogP contribution is 2.38. The first-order chi connectivity index (χ1) is 19.5. The summed E-state index contributed by atoms with van der Waals surface area (Å²) in [7, 11) is 5.23. The van der Waals surface area contributed by atoms with Gasteiger partial charge in [-0.25, -0.2) is 14.8 Å². The first-order valence-corrected chi connectivity index (χ1v) is 13.5. The molecule has 0 fully saturated rings. The van der Waals surface area contributed by atoms with Crippen molar-refractivity contribution >= 4 is 40.0 Å². The van der Waals surface area contributed by atoms with Gasteiger partial charge in [0.25, 0.3) is 0 Å². The van der Waals surface area contributed by atoms with Crippen LogP contribution >= 0.6 is 0 Å². The first kappa shape index (κ1) is 27.9. The average Bonchev–Trinajstić information content (AvgIpc) is 3.31. The summed E-state index contributed by atoms with van der Waals surface area (Å²) in [5.74, 6) is 1.89. The number of nitrogens with one attached hydrogen (secondary N) is 1. The molecule has 216 valence electrons. The van der Waals surface area contributed by atoms with E-state index in [4.69, 9.17) is 24.9 Å². The maximum absolute atomic E-state index is 12.3. The molecule has 41 heavy (non-hydrogen) atoms. The Morgan fingerprint density at radius 1 is 1.20 bits per heavy atom. The predicted molar refractivity (Wildman–Crippen MR) is 161 cm³/mol. The van der Waals surface area contributed by atoms with Crippen molar-refractivity contribution in [3.05, 3.63) is 48.8 Å². The Hall–Kier alpha value is -4.67. The minimum Gasteiger partial charge on any atom is -0.494 e. The Bertz CT molecular complexity index is 1580. The van der Waals surface area contributed by atoms with Crippen molar-refractivity contribution in [1.29, 1.82) is 0 Å². The monoisotopic (exact) mass is 559 g/mol. The molecule has 0 aliphatic carbocycles. The Morgan fingerprint density at radius 2 is 2.00 bits per heavy atom. The maximum atomic E-state index is 12.3. The number of nitrogens with two attached hydrogens (primary N) is 1. The zero-order chi connectivity index (χ0) is 29.3. The third kappa shape index (κ3) is 5.93. The smallest absolute Gasteiger partial charge is 0.410 e. The van der Waals surface area contributed by atoms with E-state index in [1.807, 2.05) is 57.0 Å². The van der Waals surface area contributed by atoms with Crippen molar-refractivity contribution < 1.29 is 19.0 Å². The Kier molecular flexibility index (Phi) is 7.53. The SMILES string of the molecule is COc1cc(N(C)CCN(C)C(=O)OC(C)(C)C)c(N)cc1Nc1nccc(-c2cn3c4c(cccc24)OCC3)n1. The lowest BCUT2D eigenvalue weighted by Crippen LogP contribution is -2.38. The minimum absolute atomic E-state index is 0.371. The molecule has 4 aromatic rings. The molecule has 0 atom stereocenters. The van der Waals surface area contributed by atoms with Crippen molar-refractivity contribution in [3.63, 3.8) is 0 Å². The number of hydrogen-bond acceptors (Lipinski definition) is 9. The van der Waals surface area contributed by atoms with Crippen LogP contribution in [0.3, 0.4) is 0 Å². The van der Waals surface area contributed by atoms with Crippen molar-refractivity contribution in [1.82, 2.24) is 19.4 Å². The number of para-hydroxylation sites is 1. The van der Waals surface area contributed by atoms with Gasteiger partial charge in [0, 0.05) is 56.6 Å². The normalized spacial score (nSPS) is 12.5. The number of nitrogens with zero attached hydrogens (tertiary/aromatic N) is 5. The molecule has 2 aromatic carbocycles. The molecule has 11 nitrogen and oxygen atoms in total. The molecule has 0 saturated carbocycles. The summed E-state index contributed by atoms with van der Waals surface area (Å²) in [6.45, 7) is 7.97. The molecule has 5 rings (SSSR count). The van der Waals surface area contributed by atoms with Crippen LogP contribution in [0, 0.1) is 0 Å². The van der Waals surface area contributed by atoms with Gasteiger partial charge in [-0.05, 0) is 39.0 Å². The minimum atomic E-state index is -0.550. The van der Waals surface area contributed by atoms with E-state index in [1.165, 1.54) is 0 Å². The van der Waals surface area contributed by atoms with Gasteiger partial charge in [-0.15, -0.1) is 0 Å². The number of nitrogen functional groups attached to an aromatic ring is 1. The number of ether oxygens (including phenoxy) is 3. The van der Waals surface area contributed by atoms with Gasteiger partial charge in [0.2, 0.25) is 5.95 Å². The van der Waals surface area contributed by atoms with Crippen molar-refractivity contribution in [2.24, 2.45) is 0 Å². The number of benzene rings is 2. The lowest BCUT2D eigenvalue weighted by atomic mass is 10.1. The zero-order valence-electron chi connectivity index (χ0n) is 24.4. The molecular weight excluding hydrogens is 522 g/mol. The number of carbonyl (C=O) groups is 1. The van der Waals surface area contributed by atoms with E-state index in [2.05, 4.69) is 27.1 Å². The highest BCUT2D eigenvalue weighted by molar-refractivity contribution is 5.98. The summed E-state index contributed by atoms with van der Waals surface area (Å²) in [5, 5.41) is 4.36. The molecule has 1 amide bonds. The molecule has 0 saturated heterocycles. The van der Waals surface area contributed by atoms with Gasteiger partial charge in [-0.1, -0.05) is 12.1 Å². The number of rotatable bonds is 8. The van der Waals surface area contributed by atoms with E-state index in [1.54, 1.807) is 31.3 Å². The fourth-order valence-electron chi connectivity index (χ4n) is 4.80. The van der Waals surface area contributed by atoms with Crippen molar-refractivity contribution in [2.75, 3.05) is 56.9 Å². The topological polar surface area (TPSA) is 120 Å². The van der Waals surface area contributed by atoms with Gasteiger partial charge in [0.1, 0.15) is 23.7 Å². The lowest BCUT2D eigenvalue weighted by molar-refractivity contribution is 0.0303. The van der Waals surface area contributed by atoms with Crippen LogP contribution in [-0.4, -0.2) is 72.0 Å². The summed E-state index contributed by atoms with van der Waals surface area (Å²) in [5.41, 5.74) is 10.8. The maximum Gasteiger partial charge on any atom is 0.410 e. The Balaban J connectivity index is 1.34. The van der Waals surface area contributed by atoms with Gasteiger partial charge >= 0.3 is 6.09 Å². The Labute approximate surface area is 239 Å². The van der Waals surface area contributed by atoms with E-state index in [0.29, 0.717) is 42.8 Å². The number of anilines is 4. The van der Waals surface area contributed by atoms with E-state index in [0.717, 1.165) is 40.1 Å². The molecule has 11 heteroatoms. The van der Waals surface area contributed by atoms with Crippen LogP contribution < -0.4 is 25.4 Å². The van der Waals surface area contributed by atoms with Crippen molar-refractivity contribution in [2.45, 2.75) is 32.9 Å². The quantitative estimate of drug-likeness (QED) is 0.283. The number of aromatic nitrogens is 3. The largest absolute Gasteiger partial charge is 0.494 e. The number of likely N-dealkylation sites (N-methyl/N-ethyl adjacent to an activating group) is 2. The van der Waals surface area contributed by atoms with Gasteiger partial charge in [-0.2, -0.15) is 0 Å². The summed E-state index contributed by atoms with van der Waals surface area (Å²) in [6, 6.07) is 11.6. The summed E-state index contributed by atoms with van der Waals surface area (Å²) in [6.07, 6.45) is 3.48. The molecule has 1 aliphatic rings. The van der Waals surface area contributed by atoms with Gasteiger partial charge in [0.15, 0.2) is 0 Å². The molecule has 0 bridgehead atoms. The average molecular weight is 560 g/mol. The van der Waals surface area contributed by atoms with Gasteiger partial charge in [-0.3, -0.25) is 0 Å². The molecule has 3 heterocycles. The van der Waals surface area contributed by atoms with Crippen LogP contribution in [0.1, 0.15) is 20.8 Å². The van der Waals surface area contributed by atoms with Gasteiger partial charge in [0.05, 0.1) is 41.9 Å². The van der Waals surface area contributed by atoms with Crippen LogP contribution in [0.4, 0.5) is 27.8 Å². The third-order valence-corrected chi connectivity index (χ3v) is 6.87. The number of carbonyl (C=O) groups excluding carboxylic acids is 1. The van der Waals surface area contributed by atoms with Crippen LogP contribution in [0.2, 0.25) is 0 Å². The second-order valence-corrected chi connectivity index (χ2v) is 11.1. The van der Waals surface area contributed by atoms with Crippen LogP contribution in [0.25, 0.3) is 22.2 Å². The number of methoxy groups -OCH3 is 1. The molecule has 2 aromatic heterocycles. The molecule has 0 radical (unpaired) electrons. The van der Waals surface area contributed by atoms with E-state index >= 15 is 0 Å². The van der Waals surface area contributed by atoms with E-state index < -0.39 is 5.60 Å². The molecule has 3 N–H and O–H groups in total. The fourth-order valence-corrected chi connectivity index (χ4v) is 4.80. The molecule has 1 aliphatic heterocycles. The fraction of sp³-hybridized carbons (Fsp3) is 0.367. The lowest BCUT2D eigenvalue weighted by Gasteiger charge is -2.28.